The van der Waals surface area contributed by atoms with Gasteiger partial charge in [0.1, 0.15) is 53.8 Å². The van der Waals surface area contributed by atoms with Crippen LogP contribution in [0.15, 0.2) is 42.5 Å². The van der Waals surface area contributed by atoms with E-state index in [2.05, 4.69) is 0 Å². The number of carboxylic acid groups (broad SMARTS) is 2. The summed E-state index contributed by atoms with van der Waals surface area (Å²) in [5, 5.41) is 24.7. The molecule has 0 saturated carbocycles. The maximum Gasteiger partial charge on any atom is 0.380 e. The molecule has 346 valence electrons. The van der Waals surface area contributed by atoms with Gasteiger partial charge < -0.3 is 42.0 Å². The van der Waals surface area contributed by atoms with Crippen LogP contribution in [0.4, 0.5) is 0 Å². The number of primary amides is 1. The zero-order valence-corrected chi connectivity index (χ0v) is 34.4. The summed E-state index contributed by atoms with van der Waals surface area (Å²) >= 11 is 0. The van der Waals surface area contributed by atoms with Gasteiger partial charge in [-0.2, -0.15) is 33.7 Å². The van der Waals surface area contributed by atoms with Gasteiger partial charge in [0.05, 0.1) is 16.7 Å². The Morgan fingerprint density at radius 3 is 1.22 bits per heavy atom. The number of aliphatic carboxylic acids is 2. The van der Waals surface area contributed by atoms with Crippen LogP contribution in [-0.2, 0) is 75.8 Å². The van der Waals surface area contributed by atoms with Gasteiger partial charge >= 0.3 is 17.9 Å². The minimum absolute atomic E-state index is 0.196. The Hall–Kier alpha value is -6.49. The second-order valence-electron chi connectivity index (χ2n) is 12.5. The standard InChI is InChI=1S/C30H33N5O24S4/c31-23(37)15-7-16(24(38)32-18(9-60(47,48)49)26(40)34-20(28(42)43)11-62(53,54)55)14(22(36)30(46)59-8-13-4-2-1-3-5-13)6-17(15)25(39)33-19(10-61(50,51)52)27(41)35-21(29(44)45)12-63(56,57)58/h1-7,18-21H,8-12H2,(H2,31,37)(H,32,38)(H,33,39)(H,34,40)(H,35,41)(H,42,43)(H,44,45)(H,47,48,49)(H,50,51,52)(H,53,54,55)(H,56,57,58)/t18?,19?,20-,21-/m1/s1. The number of hydrogen-bond donors (Lipinski definition) is 11. The zero-order chi connectivity index (χ0) is 48.4. The van der Waals surface area contributed by atoms with E-state index in [1.165, 1.54) is 34.9 Å². The number of rotatable bonds is 23. The van der Waals surface area contributed by atoms with Crippen LogP contribution in [0.5, 0.6) is 0 Å². The number of benzene rings is 2. The van der Waals surface area contributed by atoms with E-state index in [-0.39, 0.29) is 17.7 Å². The molecule has 33 heteroatoms. The summed E-state index contributed by atoms with van der Waals surface area (Å²) < 4.78 is 134. The number of Topliss-reactive ketones (excluding diaryl/α,β-unsaturated/α-hetero) is 1. The summed E-state index contributed by atoms with van der Waals surface area (Å²) in [5.41, 5.74) is 0.543. The van der Waals surface area contributed by atoms with Gasteiger partial charge in [0.2, 0.25) is 17.7 Å². The third-order valence-electron chi connectivity index (χ3n) is 7.54. The van der Waals surface area contributed by atoms with Gasteiger partial charge in [-0.1, -0.05) is 30.3 Å². The van der Waals surface area contributed by atoms with Gasteiger partial charge in [0, 0.05) is 5.56 Å². The highest BCUT2D eigenvalue weighted by atomic mass is 32.2. The van der Waals surface area contributed by atoms with Gasteiger partial charge in [-0.3, -0.25) is 47.0 Å². The second-order valence-corrected chi connectivity index (χ2v) is 18.5. The van der Waals surface area contributed by atoms with Crippen LogP contribution >= 0.6 is 0 Å². The van der Waals surface area contributed by atoms with Crippen molar-refractivity contribution in [2.75, 3.05) is 23.0 Å². The Kier molecular flexibility index (Phi) is 17.6. The number of ketones is 1. The monoisotopic (exact) mass is 975 g/mol. The van der Waals surface area contributed by atoms with E-state index < -0.39 is 170 Å². The van der Waals surface area contributed by atoms with Gasteiger partial charge in [0.25, 0.3) is 58.1 Å². The molecule has 0 radical (unpaired) electrons. The third-order valence-corrected chi connectivity index (χ3v) is 10.6. The first-order valence-electron chi connectivity index (χ1n) is 16.4. The van der Waals surface area contributed by atoms with Crippen molar-refractivity contribution >= 4 is 93.7 Å². The minimum Gasteiger partial charge on any atom is -0.480 e. The number of carbonyl (C=O) groups is 9. The van der Waals surface area contributed by atoms with Crippen LogP contribution in [0.2, 0.25) is 0 Å². The Bertz CT molecular complexity index is 2650. The highest BCUT2D eigenvalue weighted by molar-refractivity contribution is 7.86. The first-order valence-corrected chi connectivity index (χ1v) is 22.8. The van der Waals surface area contributed by atoms with Crippen LogP contribution in [0, 0.1) is 0 Å². The summed E-state index contributed by atoms with van der Waals surface area (Å²) in [7, 11) is -21.1. The normalized spacial score (nSPS) is 13.8. The van der Waals surface area contributed by atoms with Crippen molar-refractivity contribution in [3.05, 3.63) is 70.3 Å². The number of esters is 1. The SMILES string of the molecule is NC(=O)c1cc(C(=O)NC(CS(=O)(=O)O)C(=O)N[C@H](CS(=O)(=O)O)C(=O)O)c(C(=O)C(=O)OCc2ccccc2)cc1C(=O)NC(CS(=O)(=O)O)C(=O)N[C@H](CS(=O)(=O)O)C(=O)O. The first kappa shape index (κ1) is 52.6. The molecule has 4 atom stereocenters. The average Bonchev–Trinajstić information content (AvgIpc) is 3.12. The maximum absolute atomic E-state index is 13.7. The van der Waals surface area contributed by atoms with Crippen LogP contribution in [0.3, 0.4) is 0 Å². The molecule has 5 amide bonds. The molecule has 29 nitrogen and oxygen atoms in total. The number of amides is 5. The minimum atomic E-state index is -5.38. The van der Waals surface area contributed by atoms with E-state index in [0.29, 0.717) is 0 Å². The molecule has 2 rings (SSSR count). The first-order chi connectivity index (χ1) is 28.7. The highest BCUT2D eigenvalue weighted by Gasteiger charge is 2.37. The lowest BCUT2D eigenvalue weighted by atomic mass is 9.94. The van der Waals surface area contributed by atoms with E-state index in [0.717, 1.165) is 0 Å². The average molecular weight is 976 g/mol. The molecule has 0 bridgehead atoms. The predicted octanol–water partition coefficient (Wildman–Crippen LogP) is -5.40. The molecule has 0 heterocycles. The van der Waals surface area contributed by atoms with Crippen LogP contribution < -0.4 is 27.0 Å². The van der Waals surface area contributed by atoms with Crippen LogP contribution in [-0.4, -0.2) is 163 Å². The lowest BCUT2D eigenvalue weighted by Gasteiger charge is -2.22. The molecule has 0 aliphatic rings. The fourth-order valence-corrected chi connectivity index (χ4v) is 7.45. The van der Waals surface area contributed by atoms with Crippen molar-refractivity contribution in [2.24, 2.45) is 5.73 Å². The molecule has 0 saturated heterocycles. The van der Waals surface area contributed by atoms with E-state index in [4.69, 9.17) is 19.6 Å². The topological polar surface area (TPSA) is 495 Å². The van der Waals surface area contributed by atoms with E-state index >= 15 is 0 Å². The van der Waals surface area contributed by atoms with Gasteiger partial charge in [0.15, 0.2) is 0 Å². The number of hydrogen-bond acceptors (Lipinski definition) is 18. The summed E-state index contributed by atoms with van der Waals surface area (Å²) in [6, 6.07) is -2.66. The lowest BCUT2D eigenvalue weighted by molar-refractivity contribution is -0.141. The van der Waals surface area contributed by atoms with Crippen molar-refractivity contribution in [3.63, 3.8) is 0 Å². The Morgan fingerprint density at radius 2 is 0.873 bits per heavy atom. The van der Waals surface area contributed by atoms with Crippen molar-refractivity contribution in [3.8, 4) is 0 Å². The van der Waals surface area contributed by atoms with E-state index in [1.54, 1.807) is 16.7 Å². The molecule has 2 aromatic carbocycles. The second kappa shape index (κ2) is 21.1. The van der Waals surface area contributed by atoms with Crippen molar-refractivity contribution in [1.29, 1.82) is 0 Å². The Labute approximate surface area is 353 Å². The number of carboxylic acids is 2. The van der Waals surface area contributed by atoms with Crippen molar-refractivity contribution < 1.29 is 110 Å². The molecule has 0 spiro atoms. The molecule has 0 aliphatic carbocycles. The highest BCUT2D eigenvalue weighted by Crippen LogP contribution is 2.21. The van der Waals surface area contributed by atoms with Crippen molar-refractivity contribution in [2.45, 2.75) is 30.8 Å². The van der Waals surface area contributed by atoms with Gasteiger partial charge in [-0.15, -0.1) is 0 Å². The van der Waals surface area contributed by atoms with Crippen LogP contribution in [0.25, 0.3) is 0 Å². The summed E-state index contributed by atoms with van der Waals surface area (Å²) in [5.74, 6) is -24.5. The number of nitrogens with one attached hydrogen (secondary N) is 4. The Balaban J connectivity index is 2.82. The number of carbonyl (C=O) groups excluding carboxylic acids is 7. The molecule has 2 unspecified atom stereocenters. The van der Waals surface area contributed by atoms with E-state index in [9.17, 15) is 96.1 Å². The third kappa shape index (κ3) is 17.8. The number of ether oxygens (including phenoxy) is 1. The summed E-state index contributed by atoms with van der Waals surface area (Å²) in [6.45, 7) is -0.647. The van der Waals surface area contributed by atoms with E-state index in [1.807, 2.05) is 0 Å². The lowest BCUT2D eigenvalue weighted by Crippen LogP contribution is -2.56. The van der Waals surface area contributed by atoms with Gasteiger partial charge in [-0.25, -0.2) is 14.4 Å². The fourth-order valence-electron chi connectivity index (χ4n) is 4.84. The number of nitrogens with two attached hydrogens (primary N) is 1. The predicted molar refractivity (Wildman–Crippen MR) is 203 cm³/mol. The molecule has 0 aliphatic heterocycles. The molecule has 63 heavy (non-hydrogen) atoms. The Morgan fingerprint density at radius 1 is 0.524 bits per heavy atom. The largest absolute Gasteiger partial charge is 0.480 e. The van der Waals surface area contributed by atoms with Crippen LogP contribution in [0.1, 0.15) is 47.0 Å². The molecular weight excluding hydrogens is 943 g/mol. The molecule has 12 N–H and O–H groups in total. The summed E-state index contributed by atoms with van der Waals surface area (Å²) in [4.78, 5) is 116. The van der Waals surface area contributed by atoms with Crippen molar-refractivity contribution in [1.82, 2.24) is 21.3 Å². The molecule has 2 aromatic rings. The maximum atomic E-state index is 13.7. The smallest absolute Gasteiger partial charge is 0.380 e. The summed E-state index contributed by atoms with van der Waals surface area (Å²) in [6.07, 6.45) is 0. The molecule has 0 fully saturated rings. The van der Waals surface area contributed by atoms with Gasteiger partial charge in [-0.05, 0) is 17.7 Å². The molecule has 0 aromatic heterocycles. The molecular formula is C30H33N5O24S4. The fraction of sp³-hybridized carbons (Fsp3) is 0.300. The quantitative estimate of drug-likeness (QED) is 0.0214. The zero-order valence-electron chi connectivity index (χ0n) is 31.1.